The van der Waals surface area contributed by atoms with Crippen molar-refractivity contribution in [1.82, 2.24) is 10.6 Å². The number of carboxylic acid groups (broad SMARTS) is 1. The van der Waals surface area contributed by atoms with Crippen LogP contribution in [0.4, 0.5) is 4.79 Å². The highest BCUT2D eigenvalue weighted by molar-refractivity contribution is 5.77. The van der Waals surface area contributed by atoms with Gasteiger partial charge in [0.25, 0.3) is 0 Å². The first-order valence-electron chi connectivity index (χ1n) is 6.82. The van der Waals surface area contributed by atoms with E-state index < -0.39 is 11.9 Å². The van der Waals surface area contributed by atoms with E-state index in [9.17, 15) is 9.59 Å². The van der Waals surface area contributed by atoms with Crippen molar-refractivity contribution in [3.05, 3.63) is 0 Å². The van der Waals surface area contributed by atoms with Gasteiger partial charge in [-0.05, 0) is 32.6 Å². The van der Waals surface area contributed by atoms with Gasteiger partial charge in [-0.3, -0.25) is 4.79 Å². The van der Waals surface area contributed by atoms with Gasteiger partial charge in [0.2, 0.25) is 0 Å². The number of aliphatic carboxylic acids is 1. The minimum Gasteiger partial charge on any atom is -0.481 e. The zero-order valence-corrected chi connectivity index (χ0v) is 10.9. The van der Waals surface area contributed by atoms with E-state index in [0.29, 0.717) is 6.42 Å². The SMILES string of the molecule is CC1(NC(=O)NC2CCCC2C(=O)O)CCCC1. The molecular formula is C13H22N2O3. The van der Waals surface area contributed by atoms with Crippen molar-refractivity contribution < 1.29 is 14.7 Å². The van der Waals surface area contributed by atoms with Crippen LogP contribution in [-0.4, -0.2) is 28.7 Å². The Balaban J connectivity index is 1.85. The molecule has 0 aromatic heterocycles. The van der Waals surface area contributed by atoms with E-state index in [1.807, 2.05) is 0 Å². The quantitative estimate of drug-likeness (QED) is 0.719. The molecule has 0 bridgehead atoms. The fraction of sp³-hybridized carbons (Fsp3) is 0.846. The predicted molar refractivity (Wildman–Crippen MR) is 67.3 cm³/mol. The molecule has 0 aliphatic heterocycles. The molecule has 0 aromatic carbocycles. The summed E-state index contributed by atoms with van der Waals surface area (Å²) in [5.41, 5.74) is -0.110. The second-order valence-corrected chi connectivity index (χ2v) is 5.85. The summed E-state index contributed by atoms with van der Waals surface area (Å²) < 4.78 is 0. The summed E-state index contributed by atoms with van der Waals surface area (Å²) >= 11 is 0. The van der Waals surface area contributed by atoms with E-state index in [2.05, 4.69) is 17.6 Å². The second-order valence-electron chi connectivity index (χ2n) is 5.85. The van der Waals surface area contributed by atoms with Crippen LogP contribution in [0.15, 0.2) is 0 Å². The Kier molecular flexibility index (Phi) is 3.78. The van der Waals surface area contributed by atoms with Crippen LogP contribution in [0.2, 0.25) is 0 Å². The van der Waals surface area contributed by atoms with Crippen molar-refractivity contribution in [2.45, 2.75) is 63.5 Å². The van der Waals surface area contributed by atoms with Crippen molar-refractivity contribution in [1.29, 1.82) is 0 Å². The molecule has 2 fully saturated rings. The molecular weight excluding hydrogens is 232 g/mol. The molecule has 102 valence electrons. The van der Waals surface area contributed by atoms with Gasteiger partial charge < -0.3 is 15.7 Å². The maximum atomic E-state index is 11.9. The molecule has 0 saturated heterocycles. The summed E-state index contributed by atoms with van der Waals surface area (Å²) in [5.74, 6) is -1.22. The second kappa shape index (κ2) is 5.16. The summed E-state index contributed by atoms with van der Waals surface area (Å²) in [6, 6.07) is -0.426. The predicted octanol–water partition coefficient (Wildman–Crippen LogP) is 1.87. The third-order valence-corrected chi connectivity index (χ3v) is 4.27. The van der Waals surface area contributed by atoms with Gasteiger partial charge in [-0.25, -0.2) is 4.79 Å². The van der Waals surface area contributed by atoms with Crippen LogP contribution in [0.25, 0.3) is 0 Å². The Hall–Kier alpha value is -1.26. The van der Waals surface area contributed by atoms with Crippen molar-refractivity contribution >= 4 is 12.0 Å². The molecule has 0 heterocycles. The number of carbonyl (C=O) groups excluding carboxylic acids is 1. The van der Waals surface area contributed by atoms with Crippen molar-refractivity contribution in [3.63, 3.8) is 0 Å². The van der Waals surface area contributed by atoms with Gasteiger partial charge in [0, 0.05) is 11.6 Å². The molecule has 3 N–H and O–H groups in total. The lowest BCUT2D eigenvalue weighted by atomic mass is 10.0. The van der Waals surface area contributed by atoms with Crippen molar-refractivity contribution in [2.75, 3.05) is 0 Å². The van der Waals surface area contributed by atoms with Gasteiger partial charge in [0.1, 0.15) is 0 Å². The van der Waals surface area contributed by atoms with Crippen LogP contribution in [0, 0.1) is 5.92 Å². The highest BCUT2D eigenvalue weighted by atomic mass is 16.4. The van der Waals surface area contributed by atoms with Crippen LogP contribution >= 0.6 is 0 Å². The number of rotatable bonds is 3. The Morgan fingerprint density at radius 1 is 1.17 bits per heavy atom. The number of amides is 2. The molecule has 2 aliphatic carbocycles. The van der Waals surface area contributed by atoms with E-state index in [1.54, 1.807) is 0 Å². The summed E-state index contributed by atoms with van der Waals surface area (Å²) in [5, 5.41) is 14.9. The zero-order valence-electron chi connectivity index (χ0n) is 10.9. The Morgan fingerprint density at radius 3 is 2.44 bits per heavy atom. The number of hydrogen-bond donors (Lipinski definition) is 3. The van der Waals surface area contributed by atoms with Crippen molar-refractivity contribution in [2.24, 2.45) is 5.92 Å². The van der Waals surface area contributed by atoms with Crippen LogP contribution in [0.3, 0.4) is 0 Å². The third kappa shape index (κ3) is 2.94. The fourth-order valence-corrected chi connectivity index (χ4v) is 3.19. The van der Waals surface area contributed by atoms with Gasteiger partial charge in [0.05, 0.1) is 5.92 Å². The Labute approximate surface area is 107 Å². The first kappa shape index (κ1) is 13.2. The van der Waals surface area contributed by atoms with Gasteiger partial charge in [-0.1, -0.05) is 19.3 Å². The Bertz CT molecular complexity index is 337. The lowest BCUT2D eigenvalue weighted by Gasteiger charge is -2.27. The highest BCUT2D eigenvalue weighted by Crippen LogP contribution is 2.29. The lowest BCUT2D eigenvalue weighted by Crippen LogP contribution is -2.52. The molecule has 2 aliphatic rings. The summed E-state index contributed by atoms with van der Waals surface area (Å²) in [6.45, 7) is 2.06. The molecule has 0 aromatic rings. The maximum absolute atomic E-state index is 11.9. The average molecular weight is 254 g/mol. The number of nitrogens with one attached hydrogen (secondary N) is 2. The fourth-order valence-electron chi connectivity index (χ4n) is 3.19. The molecule has 0 spiro atoms. The maximum Gasteiger partial charge on any atom is 0.315 e. The molecule has 18 heavy (non-hydrogen) atoms. The highest BCUT2D eigenvalue weighted by Gasteiger charge is 2.35. The van der Waals surface area contributed by atoms with Crippen LogP contribution in [-0.2, 0) is 4.79 Å². The van der Waals surface area contributed by atoms with Crippen LogP contribution < -0.4 is 10.6 Å². The van der Waals surface area contributed by atoms with E-state index in [0.717, 1.165) is 38.5 Å². The standard InChI is InChI=1S/C13H22N2O3/c1-13(7-2-3-8-13)15-12(18)14-10-6-4-5-9(10)11(16)17/h9-10H,2-8H2,1H3,(H,16,17)(H2,14,15,18). The smallest absolute Gasteiger partial charge is 0.315 e. The number of urea groups is 1. The van der Waals surface area contributed by atoms with Gasteiger partial charge in [0.15, 0.2) is 0 Å². The first-order chi connectivity index (χ1) is 8.50. The summed E-state index contributed by atoms with van der Waals surface area (Å²) in [6.07, 6.45) is 6.62. The number of carbonyl (C=O) groups is 2. The topological polar surface area (TPSA) is 78.4 Å². The van der Waals surface area contributed by atoms with E-state index in [4.69, 9.17) is 5.11 Å². The minimum atomic E-state index is -0.801. The summed E-state index contributed by atoms with van der Waals surface area (Å²) in [7, 11) is 0. The molecule has 0 radical (unpaired) electrons. The largest absolute Gasteiger partial charge is 0.481 e. The number of carboxylic acids is 1. The zero-order chi connectivity index (χ0) is 13.2. The lowest BCUT2D eigenvalue weighted by molar-refractivity contribution is -0.142. The first-order valence-corrected chi connectivity index (χ1v) is 6.82. The van der Waals surface area contributed by atoms with Gasteiger partial charge in [-0.2, -0.15) is 0 Å². The van der Waals surface area contributed by atoms with Gasteiger partial charge >= 0.3 is 12.0 Å². The molecule has 2 atom stereocenters. The Morgan fingerprint density at radius 2 is 1.83 bits per heavy atom. The molecule has 5 heteroatoms. The molecule has 2 rings (SSSR count). The molecule has 2 unspecified atom stereocenters. The van der Waals surface area contributed by atoms with E-state index in [-0.39, 0.29) is 17.6 Å². The third-order valence-electron chi connectivity index (χ3n) is 4.27. The normalized spacial score (nSPS) is 30.1. The average Bonchev–Trinajstić information content (AvgIpc) is 2.87. The molecule has 2 saturated carbocycles. The van der Waals surface area contributed by atoms with Crippen molar-refractivity contribution in [3.8, 4) is 0 Å². The minimum absolute atomic E-state index is 0.110. The van der Waals surface area contributed by atoms with Crippen LogP contribution in [0.5, 0.6) is 0 Å². The molecule has 2 amide bonds. The monoisotopic (exact) mass is 254 g/mol. The van der Waals surface area contributed by atoms with Crippen LogP contribution in [0.1, 0.15) is 51.9 Å². The summed E-state index contributed by atoms with van der Waals surface area (Å²) in [4.78, 5) is 22.9. The molecule has 5 nitrogen and oxygen atoms in total. The number of hydrogen-bond acceptors (Lipinski definition) is 2. The van der Waals surface area contributed by atoms with E-state index in [1.165, 1.54) is 0 Å². The van der Waals surface area contributed by atoms with E-state index >= 15 is 0 Å². The van der Waals surface area contributed by atoms with Gasteiger partial charge in [-0.15, -0.1) is 0 Å².